The third-order valence-corrected chi connectivity index (χ3v) is 4.89. The fourth-order valence-electron chi connectivity index (χ4n) is 2.44. The predicted molar refractivity (Wildman–Crippen MR) is 89.1 cm³/mol. The lowest BCUT2D eigenvalue weighted by Crippen LogP contribution is -2.31. The molecular weight excluding hydrogens is 294 g/mol. The maximum atomic E-state index is 12.6. The molecule has 4 heteroatoms. The Hall–Kier alpha value is -2.07. The maximum Gasteiger partial charge on any atom is 0.247 e. The number of hydrogen-bond donors (Lipinski definition) is 0. The smallest absolute Gasteiger partial charge is 0.247 e. The minimum absolute atomic E-state index is 0.126. The van der Waals surface area contributed by atoms with E-state index < -0.39 is 0 Å². The molecule has 0 N–H and O–H groups in total. The molecule has 1 fully saturated rings. The Morgan fingerprint density at radius 1 is 0.909 bits per heavy atom. The molecule has 1 atom stereocenters. The summed E-state index contributed by atoms with van der Waals surface area (Å²) in [5.74, 6) is -0.252. The molecule has 0 unspecified atom stereocenters. The van der Waals surface area contributed by atoms with Crippen molar-refractivity contribution >= 4 is 29.3 Å². The number of thioether (sulfide) groups is 1. The van der Waals surface area contributed by atoms with E-state index in [4.69, 9.17) is 0 Å². The number of carbonyl (C=O) groups is 2. The number of aryl methyl sites for hydroxylation is 2. The molecule has 1 aliphatic rings. The van der Waals surface area contributed by atoms with Gasteiger partial charge in [-0.25, -0.2) is 4.90 Å². The average molecular weight is 311 g/mol. The molecule has 112 valence electrons. The van der Waals surface area contributed by atoms with E-state index >= 15 is 0 Å². The first-order valence-corrected chi connectivity index (χ1v) is 8.09. The van der Waals surface area contributed by atoms with Gasteiger partial charge in [-0.15, -0.1) is 11.8 Å². The summed E-state index contributed by atoms with van der Waals surface area (Å²) in [7, 11) is 0. The van der Waals surface area contributed by atoms with Gasteiger partial charge < -0.3 is 0 Å². The molecule has 0 radical (unpaired) electrons. The predicted octanol–water partition coefficient (Wildman–Crippen LogP) is 3.73. The number of nitrogens with zero attached hydrogens (tertiary/aromatic N) is 1. The molecule has 3 nitrogen and oxygen atoms in total. The molecule has 1 aliphatic heterocycles. The third-order valence-electron chi connectivity index (χ3n) is 3.70. The van der Waals surface area contributed by atoms with Gasteiger partial charge in [-0.05, 0) is 38.1 Å². The van der Waals surface area contributed by atoms with Crippen LogP contribution >= 0.6 is 11.8 Å². The van der Waals surface area contributed by atoms with Crippen LogP contribution in [-0.4, -0.2) is 17.1 Å². The molecule has 1 saturated heterocycles. The van der Waals surface area contributed by atoms with Crippen molar-refractivity contribution in [2.75, 3.05) is 4.90 Å². The first-order chi connectivity index (χ1) is 10.5. The summed E-state index contributed by atoms with van der Waals surface area (Å²) in [6.45, 7) is 4.01. The summed E-state index contributed by atoms with van der Waals surface area (Å²) >= 11 is 1.46. The third kappa shape index (κ3) is 2.92. The van der Waals surface area contributed by atoms with Crippen LogP contribution in [0.3, 0.4) is 0 Å². The molecular formula is C18H17NO2S. The van der Waals surface area contributed by atoms with Gasteiger partial charge in [0.1, 0.15) is 0 Å². The summed E-state index contributed by atoms with van der Waals surface area (Å²) in [6, 6.07) is 15.5. The highest BCUT2D eigenvalue weighted by Crippen LogP contribution is 2.34. The fourth-order valence-corrected chi connectivity index (χ4v) is 3.50. The molecule has 22 heavy (non-hydrogen) atoms. The molecule has 0 saturated carbocycles. The summed E-state index contributed by atoms with van der Waals surface area (Å²) in [5, 5.41) is -0.337. The van der Waals surface area contributed by atoms with Gasteiger partial charge in [0.2, 0.25) is 11.8 Å². The molecule has 2 amide bonds. The summed E-state index contributed by atoms with van der Waals surface area (Å²) in [6.07, 6.45) is 0.255. The second-order valence-corrected chi connectivity index (χ2v) is 6.80. The minimum Gasteiger partial charge on any atom is -0.274 e. The van der Waals surface area contributed by atoms with Crippen LogP contribution < -0.4 is 4.90 Å². The van der Waals surface area contributed by atoms with Crippen molar-refractivity contribution in [3.63, 3.8) is 0 Å². The van der Waals surface area contributed by atoms with Gasteiger partial charge in [0.05, 0.1) is 10.9 Å². The second kappa shape index (κ2) is 5.97. The molecule has 1 heterocycles. The van der Waals surface area contributed by atoms with E-state index in [0.29, 0.717) is 5.69 Å². The van der Waals surface area contributed by atoms with E-state index in [9.17, 15) is 9.59 Å². The first kappa shape index (κ1) is 14.9. The number of carbonyl (C=O) groups excluding carboxylic acids is 2. The summed E-state index contributed by atoms with van der Waals surface area (Å²) < 4.78 is 0. The number of imide groups is 1. The van der Waals surface area contributed by atoms with Crippen LogP contribution in [0.1, 0.15) is 17.5 Å². The Kier molecular flexibility index (Phi) is 4.03. The van der Waals surface area contributed by atoms with Crippen molar-refractivity contribution in [2.24, 2.45) is 0 Å². The van der Waals surface area contributed by atoms with Gasteiger partial charge in [-0.3, -0.25) is 9.59 Å². The van der Waals surface area contributed by atoms with E-state index in [1.807, 2.05) is 62.4 Å². The largest absolute Gasteiger partial charge is 0.274 e. The van der Waals surface area contributed by atoms with Crippen molar-refractivity contribution in [3.8, 4) is 0 Å². The standard InChI is InChI=1S/C18H17NO2S/c1-12-3-7-14(8-4-12)19-17(20)11-16(18(19)21)22-15-9-5-13(2)6-10-15/h3-10,16H,11H2,1-2H3/t16-/m0/s1. The van der Waals surface area contributed by atoms with E-state index in [2.05, 4.69) is 0 Å². The lowest BCUT2D eigenvalue weighted by molar-refractivity contribution is -0.121. The minimum atomic E-state index is -0.337. The van der Waals surface area contributed by atoms with E-state index in [-0.39, 0.29) is 23.5 Å². The molecule has 0 bridgehead atoms. The van der Waals surface area contributed by atoms with E-state index in [0.717, 1.165) is 10.5 Å². The number of rotatable bonds is 3. The van der Waals surface area contributed by atoms with Gasteiger partial charge in [-0.1, -0.05) is 35.4 Å². The Labute approximate surface area is 134 Å². The zero-order valence-corrected chi connectivity index (χ0v) is 13.4. The van der Waals surface area contributed by atoms with Gasteiger partial charge in [-0.2, -0.15) is 0 Å². The monoisotopic (exact) mass is 311 g/mol. The van der Waals surface area contributed by atoms with Crippen LogP contribution in [0, 0.1) is 13.8 Å². The topological polar surface area (TPSA) is 37.4 Å². The van der Waals surface area contributed by atoms with Crippen LogP contribution in [0.25, 0.3) is 0 Å². The van der Waals surface area contributed by atoms with Crippen molar-refractivity contribution in [2.45, 2.75) is 30.4 Å². The summed E-state index contributed by atoms with van der Waals surface area (Å²) in [5.41, 5.74) is 2.94. The Morgan fingerprint density at radius 3 is 2.05 bits per heavy atom. The Bertz CT molecular complexity index is 707. The normalized spacial score (nSPS) is 18.1. The van der Waals surface area contributed by atoms with Crippen molar-refractivity contribution in [3.05, 3.63) is 59.7 Å². The first-order valence-electron chi connectivity index (χ1n) is 7.21. The molecule has 0 aliphatic carbocycles. The molecule has 0 aromatic heterocycles. The summed E-state index contributed by atoms with van der Waals surface area (Å²) in [4.78, 5) is 27.1. The SMILES string of the molecule is Cc1ccc(S[C@H]2CC(=O)N(c3ccc(C)cc3)C2=O)cc1. The van der Waals surface area contributed by atoms with Crippen LogP contribution in [0.15, 0.2) is 53.4 Å². The van der Waals surface area contributed by atoms with Gasteiger partial charge in [0.15, 0.2) is 0 Å². The number of amides is 2. The Morgan fingerprint density at radius 2 is 1.45 bits per heavy atom. The maximum absolute atomic E-state index is 12.6. The van der Waals surface area contributed by atoms with Crippen molar-refractivity contribution in [1.82, 2.24) is 0 Å². The lowest BCUT2D eigenvalue weighted by Gasteiger charge is -2.15. The van der Waals surface area contributed by atoms with Crippen LogP contribution in [-0.2, 0) is 9.59 Å². The zero-order valence-electron chi connectivity index (χ0n) is 12.6. The average Bonchev–Trinajstić information content (AvgIpc) is 2.77. The zero-order chi connectivity index (χ0) is 15.7. The second-order valence-electron chi connectivity index (χ2n) is 5.53. The number of benzene rings is 2. The van der Waals surface area contributed by atoms with Crippen LogP contribution in [0.5, 0.6) is 0 Å². The van der Waals surface area contributed by atoms with Crippen molar-refractivity contribution in [1.29, 1.82) is 0 Å². The highest BCUT2D eigenvalue weighted by Gasteiger charge is 2.40. The molecule has 0 spiro atoms. The highest BCUT2D eigenvalue weighted by atomic mass is 32.2. The highest BCUT2D eigenvalue weighted by molar-refractivity contribution is 8.00. The number of hydrogen-bond acceptors (Lipinski definition) is 3. The van der Waals surface area contributed by atoms with Gasteiger partial charge >= 0.3 is 0 Å². The Balaban J connectivity index is 1.79. The van der Waals surface area contributed by atoms with Crippen molar-refractivity contribution < 1.29 is 9.59 Å². The van der Waals surface area contributed by atoms with Gasteiger partial charge in [0, 0.05) is 11.3 Å². The quantitative estimate of drug-likeness (QED) is 0.811. The molecule has 2 aromatic rings. The number of anilines is 1. The van der Waals surface area contributed by atoms with E-state index in [1.54, 1.807) is 0 Å². The van der Waals surface area contributed by atoms with Crippen LogP contribution in [0.2, 0.25) is 0 Å². The lowest BCUT2D eigenvalue weighted by atomic mass is 10.2. The van der Waals surface area contributed by atoms with Gasteiger partial charge in [0.25, 0.3) is 0 Å². The fraction of sp³-hybridized carbons (Fsp3) is 0.222. The molecule has 2 aromatic carbocycles. The molecule has 3 rings (SSSR count). The van der Waals surface area contributed by atoms with E-state index in [1.165, 1.54) is 22.2 Å². The van der Waals surface area contributed by atoms with Crippen LogP contribution in [0.4, 0.5) is 5.69 Å².